The Morgan fingerprint density at radius 1 is 1.25 bits per heavy atom. The number of hydrogen-bond acceptors (Lipinski definition) is 3. The SMILES string of the molecule is COc1ccc(C(C)(C)CO)c(OC)c1Br. The first-order valence-corrected chi connectivity index (χ1v) is 5.79. The standard InChI is InChI=1S/C12H17BrO3/c1-12(2,7-14)8-5-6-9(15-3)10(13)11(8)16-4/h5-6,14H,7H2,1-4H3. The quantitative estimate of drug-likeness (QED) is 0.926. The molecule has 1 aromatic carbocycles. The lowest BCUT2D eigenvalue weighted by Crippen LogP contribution is -2.23. The van der Waals surface area contributed by atoms with Gasteiger partial charge in [0.1, 0.15) is 16.0 Å². The van der Waals surface area contributed by atoms with Crippen molar-refractivity contribution in [1.29, 1.82) is 0 Å². The van der Waals surface area contributed by atoms with Crippen LogP contribution in [0.1, 0.15) is 19.4 Å². The average molecular weight is 289 g/mol. The molecule has 0 spiro atoms. The van der Waals surface area contributed by atoms with Crippen LogP contribution >= 0.6 is 15.9 Å². The van der Waals surface area contributed by atoms with E-state index in [4.69, 9.17) is 9.47 Å². The Morgan fingerprint density at radius 2 is 1.88 bits per heavy atom. The van der Waals surface area contributed by atoms with E-state index in [9.17, 15) is 5.11 Å². The second-order valence-electron chi connectivity index (χ2n) is 4.20. The van der Waals surface area contributed by atoms with Crippen LogP contribution in [-0.2, 0) is 5.41 Å². The maximum absolute atomic E-state index is 9.38. The molecule has 3 nitrogen and oxygen atoms in total. The zero-order chi connectivity index (χ0) is 12.3. The van der Waals surface area contributed by atoms with Crippen LogP contribution in [-0.4, -0.2) is 25.9 Å². The highest BCUT2D eigenvalue weighted by Gasteiger charge is 2.26. The van der Waals surface area contributed by atoms with Crippen molar-refractivity contribution in [1.82, 2.24) is 0 Å². The molecule has 0 aliphatic heterocycles. The molecule has 0 unspecified atom stereocenters. The molecule has 0 saturated heterocycles. The molecule has 0 heterocycles. The summed E-state index contributed by atoms with van der Waals surface area (Å²) in [4.78, 5) is 0. The van der Waals surface area contributed by atoms with Crippen LogP contribution in [0.5, 0.6) is 11.5 Å². The third-order valence-electron chi connectivity index (χ3n) is 2.61. The van der Waals surface area contributed by atoms with Crippen molar-refractivity contribution in [2.75, 3.05) is 20.8 Å². The molecule has 0 aliphatic carbocycles. The van der Waals surface area contributed by atoms with Crippen molar-refractivity contribution in [3.05, 3.63) is 22.2 Å². The number of rotatable bonds is 4. The van der Waals surface area contributed by atoms with Crippen molar-refractivity contribution >= 4 is 15.9 Å². The highest BCUT2D eigenvalue weighted by atomic mass is 79.9. The van der Waals surface area contributed by atoms with Crippen LogP contribution in [0.4, 0.5) is 0 Å². The first kappa shape index (κ1) is 13.3. The molecule has 1 aromatic rings. The molecule has 0 fully saturated rings. The second kappa shape index (κ2) is 5.06. The lowest BCUT2D eigenvalue weighted by atomic mass is 9.85. The van der Waals surface area contributed by atoms with Crippen LogP contribution in [0.15, 0.2) is 16.6 Å². The molecular formula is C12H17BrO3. The Labute approximate surface area is 105 Å². The number of ether oxygens (including phenoxy) is 2. The molecule has 0 radical (unpaired) electrons. The monoisotopic (exact) mass is 288 g/mol. The van der Waals surface area contributed by atoms with Gasteiger partial charge in [0.25, 0.3) is 0 Å². The van der Waals surface area contributed by atoms with Gasteiger partial charge in [-0.05, 0) is 22.0 Å². The first-order valence-electron chi connectivity index (χ1n) is 4.99. The van der Waals surface area contributed by atoms with Crippen molar-refractivity contribution in [3.63, 3.8) is 0 Å². The molecule has 16 heavy (non-hydrogen) atoms. The molecule has 1 N–H and O–H groups in total. The number of methoxy groups -OCH3 is 2. The zero-order valence-corrected chi connectivity index (χ0v) is 11.6. The Balaban J connectivity index is 3.37. The minimum atomic E-state index is -0.347. The fourth-order valence-corrected chi connectivity index (χ4v) is 2.18. The summed E-state index contributed by atoms with van der Waals surface area (Å²) in [6.07, 6.45) is 0. The predicted octanol–water partition coefficient (Wildman–Crippen LogP) is 2.74. The number of hydrogen-bond donors (Lipinski definition) is 1. The minimum Gasteiger partial charge on any atom is -0.495 e. The van der Waals surface area contributed by atoms with Gasteiger partial charge >= 0.3 is 0 Å². The fraction of sp³-hybridized carbons (Fsp3) is 0.500. The number of benzene rings is 1. The van der Waals surface area contributed by atoms with E-state index in [2.05, 4.69) is 15.9 Å². The molecule has 0 saturated carbocycles. The van der Waals surface area contributed by atoms with E-state index in [0.29, 0.717) is 11.5 Å². The number of aliphatic hydroxyl groups is 1. The molecule has 0 aliphatic rings. The van der Waals surface area contributed by atoms with Crippen molar-refractivity contribution in [2.24, 2.45) is 0 Å². The number of halogens is 1. The van der Waals surface area contributed by atoms with Crippen LogP contribution in [0.2, 0.25) is 0 Å². The fourth-order valence-electron chi connectivity index (χ4n) is 1.51. The van der Waals surface area contributed by atoms with Gasteiger partial charge in [-0.3, -0.25) is 0 Å². The first-order chi connectivity index (χ1) is 7.47. The van der Waals surface area contributed by atoms with Gasteiger partial charge in [-0.25, -0.2) is 0 Å². The molecule has 0 atom stereocenters. The smallest absolute Gasteiger partial charge is 0.140 e. The topological polar surface area (TPSA) is 38.7 Å². The van der Waals surface area contributed by atoms with Gasteiger partial charge in [0.05, 0.1) is 20.8 Å². The molecule has 0 amide bonds. The van der Waals surface area contributed by atoms with E-state index in [1.54, 1.807) is 14.2 Å². The lowest BCUT2D eigenvalue weighted by molar-refractivity contribution is 0.214. The Kier molecular flexibility index (Phi) is 4.21. The molecule has 90 valence electrons. The Morgan fingerprint density at radius 3 is 2.31 bits per heavy atom. The van der Waals surface area contributed by atoms with E-state index >= 15 is 0 Å². The van der Waals surface area contributed by atoms with Gasteiger partial charge in [0.2, 0.25) is 0 Å². The van der Waals surface area contributed by atoms with Crippen LogP contribution in [0.25, 0.3) is 0 Å². The summed E-state index contributed by atoms with van der Waals surface area (Å²) in [5.74, 6) is 1.42. The van der Waals surface area contributed by atoms with Crippen LogP contribution in [0, 0.1) is 0 Å². The van der Waals surface area contributed by atoms with Gasteiger partial charge in [-0.2, -0.15) is 0 Å². The van der Waals surface area contributed by atoms with E-state index in [1.165, 1.54) is 0 Å². The zero-order valence-electron chi connectivity index (χ0n) is 10.0. The highest BCUT2D eigenvalue weighted by molar-refractivity contribution is 9.10. The lowest BCUT2D eigenvalue weighted by Gasteiger charge is -2.25. The normalized spacial score (nSPS) is 11.4. The maximum atomic E-state index is 9.38. The van der Waals surface area contributed by atoms with E-state index in [-0.39, 0.29) is 12.0 Å². The summed E-state index contributed by atoms with van der Waals surface area (Å²) in [5, 5.41) is 9.38. The highest BCUT2D eigenvalue weighted by Crippen LogP contribution is 2.41. The van der Waals surface area contributed by atoms with E-state index in [1.807, 2.05) is 26.0 Å². The number of aliphatic hydroxyl groups excluding tert-OH is 1. The van der Waals surface area contributed by atoms with Gasteiger partial charge in [-0.1, -0.05) is 19.9 Å². The summed E-state index contributed by atoms with van der Waals surface area (Å²) >= 11 is 3.44. The Bertz CT molecular complexity index is 375. The largest absolute Gasteiger partial charge is 0.495 e. The summed E-state index contributed by atoms with van der Waals surface area (Å²) in [5.41, 5.74) is 0.602. The van der Waals surface area contributed by atoms with Crippen molar-refractivity contribution < 1.29 is 14.6 Å². The van der Waals surface area contributed by atoms with Gasteiger partial charge in [0, 0.05) is 11.0 Å². The summed E-state index contributed by atoms with van der Waals surface area (Å²) < 4.78 is 11.3. The third-order valence-corrected chi connectivity index (χ3v) is 3.36. The molecule has 4 heteroatoms. The van der Waals surface area contributed by atoms with Crippen molar-refractivity contribution in [3.8, 4) is 11.5 Å². The van der Waals surface area contributed by atoms with Gasteiger partial charge in [-0.15, -0.1) is 0 Å². The van der Waals surface area contributed by atoms with Crippen molar-refractivity contribution in [2.45, 2.75) is 19.3 Å². The van der Waals surface area contributed by atoms with Gasteiger partial charge < -0.3 is 14.6 Å². The molecule has 0 bridgehead atoms. The third kappa shape index (κ3) is 2.33. The predicted molar refractivity (Wildman–Crippen MR) is 67.4 cm³/mol. The summed E-state index contributed by atoms with van der Waals surface area (Å²) in [6.45, 7) is 3.98. The van der Waals surface area contributed by atoms with Crippen LogP contribution < -0.4 is 9.47 Å². The average Bonchev–Trinajstić information content (AvgIpc) is 2.28. The van der Waals surface area contributed by atoms with E-state index in [0.717, 1.165) is 10.0 Å². The molecule has 0 aromatic heterocycles. The molecule has 1 rings (SSSR count). The summed E-state index contributed by atoms with van der Waals surface area (Å²) in [7, 11) is 3.22. The Hall–Kier alpha value is -0.740. The van der Waals surface area contributed by atoms with Crippen LogP contribution in [0.3, 0.4) is 0 Å². The maximum Gasteiger partial charge on any atom is 0.140 e. The minimum absolute atomic E-state index is 0.0577. The summed E-state index contributed by atoms with van der Waals surface area (Å²) in [6, 6.07) is 3.78. The second-order valence-corrected chi connectivity index (χ2v) is 5.00. The van der Waals surface area contributed by atoms with E-state index < -0.39 is 0 Å². The van der Waals surface area contributed by atoms with Gasteiger partial charge in [0.15, 0.2) is 0 Å². The molecular weight excluding hydrogens is 272 g/mol.